The Morgan fingerprint density at radius 2 is 2.07 bits per heavy atom. The summed E-state index contributed by atoms with van der Waals surface area (Å²) in [6.45, 7) is 3.78. The van der Waals surface area contributed by atoms with E-state index < -0.39 is 10.8 Å². The highest BCUT2D eigenvalue weighted by Gasteiger charge is 2.13. The second kappa shape index (κ2) is 7.46. The number of aryl methyl sites for hydroxylation is 2. The maximum absolute atomic E-state index is 12.2. The number of carbonyl (C=O) groups excluding carboxylic acids is 1. The molecule has 27 heavy (non-hydrogen) atoms. The van der Waals surface area contributed by atoms with Gasteiger partial charge in [0.2, 0.25) is 5.91 Å². The Hall–Kier alpha value is -3.40. The van der Waals surface area contributed by atoms with Crippen LogP contribution in [0.4, 0.5) is 5.69 Å². The van der Waals surface area contributed by atoms with E-state index in [4.69, 9.17) is 0 Å². The van der Waals surface area contributed by atoms with Gasteiger partial charge in [-0.3, -0.25) is 19.7 Å². The molecule has 1 aromatic carbocycles. The molecule has 2 heterocycles. The number of thiophene rings is 1. The van der Waals surface area contributed by atoms with Gasteiger partial charge >= 0.3 is 0 Å². The van der Waals surface area contributed by atoms with Gasteiger partial charge in [-0.15, -0.1) is 11.3 Å². The largest absolute Gasteiger partial charge is 0.309 e. The Labute approximate surface area is 156 Å². The summed E-state index contributed by atoms with van der Waals surface area (Å²) in [5, 5.41) is 15.0. The quantitative estimate of drug-likeness (QED) is 0.395. The van der Waals surface area contributed by atoms with Crippen molar-refractivity contribution in [2.45, 2.75) is 20.3 Å². The average Bonchev–Trinajstić information content (AvgIpc) is 2.89. The molecule has 0 aliphatic carbocycles. The minimum Gasteiger partial charge on any atom is -0.309 e. The second-order valence-electron chi connectivity index (χ2n) is 5.79. The number of hydrazone groups is 1. The van der Waals surface area contributed by atoms with Crippen LogP contribution in [0, 0.1) is 24.0 Å². The molecule has 138 valence electrons. The first-order chi connectivity index (χ1) is 12.8. The molecule has 2 aromatic heterocycles. The Balaban J connectivity index is 1.66. The maximum Gasteiger partial charge on any atom is 0.269 e. The fourth-order valence-corrected chi connectivity index (χ4v) is 3.48. The molecule has 0 unspecified atom stereocenters. The van der Waals surface area contributed by atoms with E-state index in [1.165, 1.54) is 41.8 Å². The number of aromatic amines is 1. The van der Waals surface area contributed by atoms with Crippen LogP contribution in [0.15, 0.2) is 34.2 Å². The number of aromatic nitrogens is 2. The molecule has 0 saturated heterocycles. The number of nitrogens with zero attached hydrogens (tertiary/aromatic N) is 3. The van der Waals surface area contributed by atoms with Gasteiger partial charge in [-0.05, 0) is 37.1 Å². The Morgan fingerprint density at radius 1 is 1.37 bits per heavy atom. The molecule has 0 atom stereocenters. The lowest BCUT2D eigenvalue weighted by atomic mass is 10.2. The molecule has 0 radical (unpaired) electrons. The van der Waals surface area contributed by atoms with Crippen LogP contribution in [0.1, 0.15) is 21.8 Å². The zero-order valence-electron chi connectivity index (χ0n) is 14.5. The van der Waals surface area contributed by atoms with Crippen LogP contribution >= 0.6 is 11.3 Å². The molecule has 3 rings (SSSR count). The predicted octanol–water partition coefficient (Wildman–Crippen LogP) is 2.20. The summed E-state index contributed by atoms with van der Waals surface area (Å²) < 4.78 is 0. The highest BCUT2D eigenvalue weighted by molar-refractivity contribution is 7.18. The van der Waals surface area contributed by atoms with Gasteiger partial charge in [0, 0.05) is 17.0 Å². The van der Waals surface area contributed by atoms with Crippen molar-refractivity contribution in [2.24, 2.45) is 5.10 Å². The standard InChI is InChI=1S/C17H15N5O4S/c1-9-10(2)27-17-15(9)16(24)19-13(20-17)7-14(23)21-18-8-11-3-5-12(6-4-11)22(25)26/h3-6,8H,7H2,1-2H3,(H,21,23)(H,19,20,24)/b18-8-. The summed E-state index contributed by atoms with van der Waals surface area (Å²) in [5.74, 6) is -0.183. The number of amides is 1. The number of non-ortho nitro benzene ring substituents is 1. The van der Waals surface area contributed by atoms with Crippen LogP contribution < -0.4 is 11.0 Å². The van der Waals surface area contributed by atoms with Crippen molar-refractivity contribution in [3.05, 3.63) is 66.6 Å². The van der Waals surface area contributed by atoms with Gasteiger partial charge in [-0.25, -0.2) is 10.4 Å². The summed E-state index contributed by atoms with van der Waals surface area (Å²) in [6, 6.07) is 5.72. The van der Waals surface area contributed by atoms with Gasteiger partial charge in [-0.1, -0.05) is 0 Å². The smallest absolute Gasteiger partial charge is 0.269 e. The number of nitrogens with one attached hydrogen (secondary N) is 2. The second-order valence-corrected chi connectivity index (χ2v) is 7.00. The van der Waals surface area contributed by atoms with Gasteiger partial charge in [0.25, 0.3) is 11.2 Å². The van der Waals surface area contributed by atoms with Crippen molar-refractivity contribution >= 4 is 39.4 Å². The number of hydrogen-bond acceptors (Lipinski definition) is 7. The molecule has 2 N–H and O–H groups in total. The van der Waals surface area contributed by atoms with E-state index in [0.717, 1.165) is 10.4 Å². The fourth-order valence-electron chi connectivity index (χ4n) is 2.44. The number of nitro groups is 1. The Kier molecular flexibility index (Phi) is 5.08. The number of carbonyl (C=O) groups is 1. The topological polar surface area (TPSA) is 130 Å². The molecule has 0 fully saturated rings. The average molecular weight is 385 g/mol. The maximum atomic E-state index is 12.2. The number of fused-ring (bicyclic) bond motifs is 1. The van der Waals surface area contributed by atoms with Crippen LogP contribution in [0.5, 0.6) is 0 Å². The number of rotatable bonds is 5. The van der Waals surface area contributed by atoms with Gasteiger partial charge in [0.05, 0.1) is 22.9 Å². The minimum atomic E-state index is -0.496. The van der Waals surface area contributed by atoms with Crippen LogP contribution in [0.25, 0.3) is 10.2 Å². The highest BCUT2D eigenvalue weighted by atomic mass is 32.1. The molecule has 0 spiro atoms. The van der Waals surface area contributed by atoms with Crippen molar-refractivity contribution in [3.8, 4) is 0 Å². The lowest BCUT2D eigenvalue weighted by molar-refractivity contribution is -0.384. The third kappa shape index (κ3) is 4.06. The van der Waals surface area contributed by atoms with Gasteiger partial charge in [0.1, 0.15) is 10.7 Å². The zero-order chi connectivity index (χ0) is 19.6. The molecular weight excluding hydrogens is 370 g/mol. The fraction of sp³-hybridized carbons (Fsp3) is 0.176. The number of hydrogen-bond donors (Lipinski definition) is 2. The molecule has 0 aliphatic rings. The van der Waals surface area contributed by atoms with Crippen LogP contribution in [-0.4, -0.2) is 27.0 Å². The van der Waals surface area contributed by atoms with E-state index in [2.05, 4.69) is 20.5 Å². The summed E-state index contributed by atoms with van der Waals surface area (Å²) in [5.41, 5.74) is 3.54. The van der Waals surface area contributed by atoms with Crippen LogP contribution in [-0.2, 0) is 11.2 Å². The van der Waals surface area contributed by atoms with E-state index in [1.807, 2.05) is 13.8 Å². The van der Waals surface area contributed by atoms with Crippen molar-refractivity contribution in [1.82, 2.24) is 15.4 Å². The third-order valence-electron chi connectivity index (χ3n) is 3.92. The number of nitro benzene ring substituents is 1. The number of benzene rings is 1. The first kappa shape index (κ1) is 18.4. The molecule has 3 aromatic rings. The molecule has 0 saturated carbocycles. The summed E-state index contributed by atoms with van der Waals surface area (Å²) in [7, 11) is 0. The van der Waals surface area contributed by atoms with Gasteiger partial charge < -0.3 is 4.98 Å². The van der Waals surface area contributed by atoms with Crippen LogP contribution in [0.3, 0.4) is 0 Å². The van der Waals surface area contributed by atoms with E-state index >= 15 is 0 Å². The van der Waals surface area contributed by atoms with Crippen LogP contribution in [0.2, 0.25) is 0 Å². The Bertz CT molecular complexity index is 1110. The summed E-state index contributed by atoms with van der Waals surface area (Å²) in [6.07, 6.45) is 1.24. The zero-order valence-corrected chi connectivity index (χ0v) is 15.3. The van der Waals surface area contributed by atoms with Gasteiger partial charge in [-0.2, -0.15) is 5.10 Å². The van der Waals surface area contributed by atoms with E-state index in [0.29, 0.717) is 15.8 Å². The molecule has 1 amide bonds. The highest BCUT2D eigenvalue weighted by Crippen LogP contribution is 2.25. The minimum absolute atomic E-state index is 0.0272. The molecule has 9 nitrogen and oxygen atoms in total. The van der Waals surface area contributed by atoms with E-state index in [-0.39, 0.29) is 23.5 Å². The van der Waals surface area contributed by atoms with E-state index in [9.17, 15) is 19.7 Å². The first-order valence-corrected chi connectivity index (χ1v) is 8.72. The normalized spacial score (nSPS) is 11.2. The third-order valence-corrected chi connectivity index (χ3v) is 5.02. The summed E-state index contributed by atoms with van der Waals surface area (Å²) in [4.78, 5) is 42.9. The Morgan fingerprint density at radius 3 is 2.74 bits per heavy atom. The SMILES string of the molecule is Cc1sc2nc(CC(=O)N/N=C\c3ccc([N+](=O)[O-])cc3)[nH]c(=O)c2c1C. The van der Waals surface area contributed by atoms with Crippen molar-refractivity contribution in [1.29, 1.82) is 0 Å². The van der Waals surface area contributed by atoms with Crippen molar-refractivity contribution in [2.75, 3.05) is 0 Å². The number of H-pyrrole nitrogens is 1. The monoisotopic (exact) mass is 385 g/mol. The van der Waals surface area contributed by atoms with Gasteiger partial charge in [0.15, 0.2) is 0 Å². The lowest BCUT2D eigenvalue weighted by Crippen LogP contribution is -2.23. The van der Waals surface area contributed by atoms with Crippen molar-refractivity contribution in [3.63, 3.8) is 0 Å². The first-order valence-electron chi connectivity index (χ1n) is 7.90. The molecule has 0 aliphatic heterocycles. The lowest BCUT2D eigenvalue weighted by Gasteiger charge is -2.01. The van der Waals surface area contributed by atoms with E-state index in [1.54, 1.807) is 0 Å². The molecular formula is C17H15N5O4S. The summed E-state index contributed by atoms with van der Waals surface area (Å²) >= 11 is 1.41. The molecule has 0 bridgehead atoms. The predicted molar refractivity (Wildman–Crippen MR) is 102 cm³/mol. The molecule has 10 heteroatoms. The van der Waals surface area contributed by atoms with Crippen molar-refractivity contribution < 1.29 is 9.72 Å².